The number of hydrogen-bond donors (Lipinski definition) is 1. The van der Waals surface area contributed by atoms with Gasteiger partial charge in [0.2, 0.25) is 5.56 Å². The molecule has 0 saturated heterocycles. The predicted molar refractivity (Wildman–Crippen MR) is 63.8 cm³/mol. The van der Waals surface area contributed by atoms with E-state index < -0.39 is 0 Å². The van der Waals surface area contributed by atoms with Crippen molar-refractivity contribution in [3.05, 3.63) is 45.9 Å². The predicted octanol–water partition coefficient (Wildman–Crippen LogP) is 2.89. The van der Waals surface area contributed by atoms with Gasteiger partial charge in [-0.2, -0.15) is 0 Å². The molecule has 0 spiro atoms. The van der Waals surface area contributed by atoms with Gasteiger partial charge in [0, 0.05) is 16.8 Å². The standard InChI is InChI=1S/C13H11NO2/c1-7-5-11(15)14-13-9(7)3-4-10-12(13)8(2)6-16-10/h3-6H,1-2H3,(H,14,15). The molecule has 0 fully saturated rings. The Morgan fingerprint density at radius 2 is 2.00 bits per heavy atom. The van der Waals surface area contributed by atoms with E-state index in [1.54, 1.807) is 12.3 Å². The second kappa shape index (κ2) is 2.98. The summed E-state index contributed by atoms with van der Waals surface area (Å²) < 4.78 is 5.41. The molecule has 16 heavy (non-hydrogen) atoms. The average Bonchev–Trinajstić information content (AvgIpc) is 2.60. The summed E-state index contributed by atoms with van der Waals surface area (Å²) in [7, 11) is 0. The van der Waals surface area contributed by atoms with Gasteiger partial charge >= 0.3 is 0 Å². The molecule has 1 aromatic carbocycles. The zero-order valence-electron chi connectivity index (χ0n) is 9.13. The third-order valence-electron chi connectivity index (χ3n) is 2.94. The highest BCUT2D eigenvalue weighted by Crippen LogP contribution is 2.28. The van der Waals surface area contributed by atoms with Crippen LogP contribution in [-0.4, -0.2) is 4.98 Å². The van der Waals surface area contributed by atoms with Crippen molar-refractivity contribution in [2.24, 2.45) is 0 Å². The van der Waals surface area contributed by atoms with Crippen LogP contribution >= 0.6 is 0 Å². The van der Waals surface area contributed by atoms with Crippen LogP contribution in [0.4, 0.5) is 0 Å². The highest BCUT2D eigenvalue weighted by Gasteiger charge is 2.09. The largest absolute Gasteiger partial charge is 0.464 e. The summed E-state index contributed by atoms with van der Waals surface area (Å²) in [5.74, 6) is 0. The number of pyridine rings is 1. The summed E-state index contributed by atoms with van der Waals surface area (Å²) in [6.45, 7) is 3.92. The molecule has 2 heterocycles. The van der Waals surface area contributed by atoms with Gasteiger partial charge in [0.25, 0.3) is 0 Å². The van der Waals surface area contributed by atoms with Crippen LogP contribution in [0, 0.1) is 13.8 Å². The van der Waals surface area contributed by atoms with Crippen LogP contribution in [0.5, 0.6) is 0 Å². The molecule has 80 valence electrons. The zero-order valence-corrected chi connectivity index (χ0v) is 9.13. The molecule has 3 rings (SSSR count). The van der Waals surface area contributed by atoms with E-state index in [-0.39, 0.29) is 5.56 Å². The van der Waals surface area contributed by atoms with Gasteiger partial charge in [-0.3, -0.25) is 4.79 Å². The Kier molecular flexibility index (Phi) is 1.72. The monoisotopic (exact) mass is 213 g/mol. The Bertz CT molecular complexity index is 750. The summed E-state index contributed by atoms with van der Waals surface area (Å²) in [6.07, 6.45) is 1.71. The zero-order chi connectivity index (χ0) is 11.3. The quantitative estimate of drug-likeness (QED) is 0.624. The van der Waals surface area contributed by atoms with Gasteiger partial charge in [0.15, 0.2) is 0 Å². The lowest BCUT2D eigenvalue weighted by Crippen LogP contribution is -2.04. The van der Waals surface area contributed by atoms with Crippen molar-refractivity contribution in [3.8, 4) is 0 Å². The molecule has 0 aliphatic heterocycles. The third kappa shape index (κ3) is 1.11. The molecular formula is C13H11NO2. The molecule has 0 amide bonds. The van der Waals surface area contributed by atoms with Crippen LogP contribution in [0.3, 0.4) is 0 Å². The van der Waals surface area contributed by atoms with E-state index in [4.69, 9.17) is 4.42 Å². The van der Waals surface area contributed by atoms with Crippen molar-refractivity contribution in [2.75, 3.05) is 0 Å². The van der Waals surface area contributed by atoms with E-state index in [0.29, 0.717) is 0 Å². The number of rotatable bonds is 0. The molecular weight excluding hydrogens is 202 g/mol. The molecule has 0 bridgehead atoms. The lowest BCUT2D eigenvalue weighted by molar-refractivity contribution is 0.613. The lowest BCUT2D eigenvalue weighted by Gasteiger charge is -2.02. The van der Waals surface area contributed by atoms with Crippen molar-refractivity contribution in [2.45, 2.75) is 13.8 Å². The fourth-order valence-electron chi connectivity index (χ4n) is 2.18. The summed E-state index contributed by atoms with van der Waals surface area (Å²) in [6, 6.07) is 5.53. The molecule has 0 atom stereocenters. The Labute approximate surface area is 91.7 Å². The topological polar surface area (TPSA) is 46.0 Å². The lowest BCUT2D eigenvalue weighted by atomic mass is 10.1. The second-order valence-electron chi connectivity index (χ2n) is 4.10. The SMILES string of the molecule is Cc1cc(=O)[nH]c2c1ccc1occ(C)c12. The summed E-state index contributed by atoms with van der Waals surface area (Å²) in [5.41, 5.74) is 3.64. The first-order chi connectivity index (χ1) is 7.66. The van der Waals surface area contributed by atoms with Crippen molar-refractivity contribution in [3.63, 3.8) is 0 Å². The van der Waals surface area contributed by atoms with E-state index in [0.717, 1.165) is 33.0 Å². The maximum absolute atomic E-state index is 11.5. The highest BCUT2D eigenvalue weighted by molar-refractivity contribution is 6.05. The molecule has 0 saturated carbocycles. The van der Waals surface area contributed by atoms with E-state index in [1.807, 2.05) is 26.0 Å². The first-order valence-corrected chi connectivity index (χ1v) is 5.17. The molecule has 0 aliphatic rings. The fraction of sp³-hybridized carbons (Fsp3) is 0.154. The molecule has 2 aromatic heterocycles. The maximum Gasteiger partial charge on any atom is 0.248 e. The summed E-state index contributed by atoms with van der Waals surface area (Å²) in [5, 5.41) is 2.06. The number of aromatic nitrogens is 1. The van der Waals surface area contributed by atoms with Crippen LogP contribution in [0.2, 0.25) is 0 Å². The minimum Gasteiger partial charge on any atom is -0.464 e. The van der Waals surface area contributed by atoms with Gasteiger partial charge in [-0.25, -0.2) is 0 Å². The molecule has 0 unspecified atom stereocenters. The third-order valence-corrected chi connectivity index (χ3v) is 2.94. The first kappa shape index (κ1) is 9.21. The molecule has 0 radical (unpaired) electrons. The summed E-state index contributed by atoms with van der Waals surface area (Å²) in [4.78, 5) is 14.4. The average molecular weight is 213 g/mol. The normalized spacial score (nSPS) is 11.4. The van der Waals surface area contributed by atoms with Crippen LogP contribution in [0.1, 0.15) is 11.1 Å². The number of H-pyrrole nitrogens is 1. The smallest absolute Gasteiger partial charge is 0.248 e. The van der Waals surface area contributed by atoms with Crippen LogP contribution < -0.4 is 5.56 Å². The maximum atomic E-state index is 11.5. The van der Waals surface area contributed by atoms with E-state index in [2.05, 4.69) is 4.98 Å². The van der Waals surface area contributed by atoms with Gasteiger partial charge in [-0.15, -0.1) is 0 Å². The van der Waals surface area contributed by atoms with Crippen LogP contribution in [0.25, 0.3) is 21.9 Å². The number of furan rings is 1. The van der Waals surface area contributed by atoms with Crippen molar-refractivity contribution >= 4 is 21.9 Å². The second-order valence-corrected chi connectivity index (χ2v) is 4.10. The Hall–Kier alpha value is -2.03. The number of aromatic amines is 1. The number of hydrogen-bond acceptors (Lipinski definition) is 2. The molecule has 3 aromatic rings. The van der Waals surface area contributed by atoms with Gasteiger partial charge < -0.3 is 9.40 Å². The summed E-state index contributed by atoms with van der Waals surface area (Å²) >= 11 is 0. The minimum absolute atomic E-state index is 0.0712. The number of nitrogens with one attached hydrogen (secondary N) is 1. The van der Waals surface area contributed by atoms with E-state index >= 15 is 0 Å². The molecule has 1 N–H and O–H groups in total. The van der Waals surface area contributed by atoms with E-state index in [9.17, 15) is 4.79 Å². The number of fused-ring (bicyclic) bond motifs is 3. The minimum atomic E-state index is -0.0712. The van der Waals surface area contributed by atoms with Gasteiger partial charge in [0.05, 0.1) is 11.8 Å². The van der Waals surface area contributed by atoms with Crippen molar-refractivity contribution in [1.82, 2.24) is 4.98 Å². The Morgan fingerprint density at radius 3 is 2.81 bits per heavy atom. The molecule has 0 aliphatic carbocycles. The van der Waals surface area contributed by atoms with Crippen molar-refractivity contribution in [1.29, 1.82) is 0 Å². The van der Waals surface area contributed by atoms with E-state index in [1.165, 1.54) is 0 Å². The molecule has 3 nitrogen and oxygen atoms in total. The van der Waals surface area contributed by atoms with Gasteiger partial charge in [-0.1, -0.05) is 0 Å². The van der Waals surface area contributed by atoms with Crippen molar-refractivity contribution < 1.29 is 4.42 Å². The fourth-order valence-corrected chi connectivity index (χ4v) is 2.18. The van der Waals surface area contributed by atoms with Crippen LogP contribution in [0.15, 0.2) is 33.7 Å². The Balaban J connectivity index is 2.69. The number of benzene rings is 1. The highest BCUT2D eigenvalue weighted by atomic mass is 16.3. The van der Waals surface area contributed by atoms with Crippen LogP contribution in [-0.2, 0) is 0 Å². The number of aryl methyl sites for hydroxylation is 2. The van der Waals surface area contributed by atoms with Gasteiger partial charge in [0.1, 0.15) is 5.58 Å². The van der Waals surface area contributed by atoms with Gasteiger partial charge in [-0.05, 0) is 37.1 Å². The first-order valence-electron chi connectivity index (χ1n) is 5.17. The molecule has 3 heteroatoms. The Morgan fingerprint density at radius 1 is 1.19 bits per heavy atom.